The van der Waals surface area contributed by atoms with E-state index >= 15 is 0 Å². The summed E-state index contributed by atoms with van der Waals surface area (Å²) < 4.78 is 0. The molecule has 0 fully saturated rings. The van der Waals surface area contributed by atoms with Crippen molar-refractivity contribution in [2.75, 3.05) is 6.54 Å². The number of carbonyl (C=O) groups is 2. The van der Waals surface area contributed by atoms with Gasteiger partial charge in [0.05, 0.1) is 0 Å². The van der Waals surface area contributed by atoms with Crippen LogP contribution in [0.5, 0.6) is 5.75 Å². The minimum atomic E-state index is -0.129. The summed E-state index contributed by atoms with van der Waals surface area (Å²) in [7, 11) is 0. The lowest BCUT2D eigenvalue weighted by Crippen LogP contribution is -2.25. The van der Waals surface area contributed by atoms with Crippen LogP contribution in [0, 0.1) is 0 Å². The normalized spacial score (nSPS) is 10.4. The summed E-state index contributed by atoms with van der Waals surface area (Å²) in [4.78, 5) is 23.8. The minimum Gasteiger partial charge on any atom is -0.508 e. The molecule has 0 atom stereocenters. The van der Waals surface area contributed by atoms with Crippen LogP contribution in [0.4, 0.5) is 0 Å². The van der Waals surface area contributed by atoms with Gasteiger partial charge in [-0.3, -0.25) is 9.59 Å². The molecule has 0 spiro atoms. The first-order valence-corrected chi connectivity index (χ1v) is 8.26. The van der Waals surface area contributed by atoms with Crippen molar-refractivity contribution in [3.8, 4) is 5.75 Å². The summed E-state index contributed by atoms with van der Waals surface area (Å²) in [5, 5.41) is 12.5. The van der Waals surface area contributed by atoms with Gasteiger partial charge in [-0.2, -0.15) is 0 Å². The molecular formula is C19H20ClNO3. The topological polar surface area (TPSA) is 66.4 Å². The molecule has 0 saturated carbocycles. The van der Waals surface area contributed by atoms with Crippen molar-refractivity contribution >= 4 is 23.3 Å². The lowest BCUT2D eigenvalue weighted by Gasteiger charge is -2.06. The first-order chi connectivity index (χ1) is 11.5. The molecule has 0 aliphatic carbocycles. The fraction of sp³-hybridized carbons (Fsp3) is 0.263. The summed E-state index contributed by atoms with van der Waals surface area (Å²) in [6, 6.07) is 13.8. The van der Waals surface area contributed by atoms with E-state index in [1.165, 1.54) is 0 Å². The van der Waals surface area contributed by atoms with Crippen LogP contribution < -0.4 is 5.32 Å². The molecule has 0 saturated heterocycles. The number of halogens is 1. The highest BCUT2D eigenvalue weighted by atomic mass is 35.5. The molecular weight excluding hydrogens is 326 g/mol. The van der Waals surface area contributed by atoms with Crippen LogP contribution in [0.1, 0.15) is 35.2 Å². The number of phenols is 1. The van der Waals surface area contributed by atoms with Gasteiger partial charge < -0.3 is 10.4 Å². The average Bonchev–Trinajstić information content (AvgIpc) is 2.58. The maximum atomic E-state index is 12.0. The Kier molecular flexibility index (Phi) is 6.82. The predicted octanol–water partition coefficient (Wildman–Crippen LogP) is 3.76. The SMILES string of the molecule is O=C(CCC(=O)c1cccc(Cl)c1)NCCCc1ccc(O)cc1. The van der Waals surface area contributed by atoms with Crippen LogP contribution in [0.25, 0.3) is 0 Å². The van der Waals surface area contributed by atoms with Crippen LogP contribution in [-0.2, 0) is 11.2 Å². The first-order valence-electron chi connectivity index (χ1n) is 7.88. The number of amides is 1. The quantitative estimate of drug-likeness (QED) is 0.565. The average molecular weight is 346 g/mol. The number of nitrogens with one attached hydrogen (secondary N) is 1. The third-order valence-electron chi connectivity index (χ3n) is 3.63. The molecule has 2 rings (SSSR count). The Morgan fingerprint density at radius 3 is 2.50 bits per heavy atom. The molecule has 0 bridgehead atoms. The van der Waals surface area contributed by atoms with Crippen LogP contribution in [-0.4, -0.2) is 23.3 Å². The fourth-order valence-electron chi connectivity index (χ4n) is 2.30. The number of benzene rings is 2. The largest absolute Gasteiger partial charge is 0.508 e. The van der Waals surface area contributed by atoms with Crippen molar-refractivity contribution in [1.29, 1.82) is 0 Å². The Bertz CT molecular complexity index is 698. The Balaban J connectivity index is 1.64. The Hall–Kier alpha value is -2.33. The maximum absolute atomic E-state index is 12.0. The molecule has 2 aromatic rings. The second-order valence-electron chi connectivity index (χ2n) is 5.55. The van der Waals surface area contributed by atoms with Gasteiger partial charge in [-0.25, -0.2) is 0 Å². The maximum Gasteiger partial charge on any atom is 0.220 e. The van der Waals surface area contributed by atoms with Gasteiger partial charge >= 0.3 is 0 Å². The van der Waals surface area contributed by atoms with Crippen molar-refractivity contribution in [2.45, 2.75) is 25.7 Å². The number of hydrogen-bond acceptors (Lipinski definition) is 3. The Morgan fingerprint density at radius 1 is 1.04 bits per heavy atom. The van der Waals surface area contributed by atoms with Crippen molar-refractivity contribution < 1.29 is 14.7 Å². The van der Waals surface area contributed by atoms with E-state index in [1.807, 2.05) is 12.1 Å². The zero-order valence-electron chi connectivity index (χ0n) is 13.3. The molecule has 0 aromatic heterocycles. The van der Waals surface area contributed by atoms with Gasteiger partial charge in [-0.1, -0.05) is 35.9 Å². The van der Waals surface area contributed by atoms with Gasteiger partial charge in [0.25, 0.3) is 0 Å². The van der Waals surface area contributed by atoms with E-state index < -0.39 is 0 Å². The summed E-state index contributed by atoms with van der Waals surface area (Å²) in [5.74, 6) is 0.0317. The summed E-state index contributed by atoms with van der Waals surface area (Å²) in [6.07, 6.45) is 1.97. The highest BCUT2D eigenvalue weighted by Gasteiger charge is 2.09. The number of Topliss-reactive ketones (excluding diaryl/α,β-unsaturated/α-hetero) is 1. The molecule has 126 valence electrons. The van der Waals surface area contributed by atoms with Crippen molar-refractivity contribution in [3.05, 3.63) is 64.7 Å². The summed E-state index contributed by atoms with van der Waals surface area (Å²) in [5.41, 5.74) is 1.64. The van der Waals surface area contributed by atoms with Crippen molar-refractivity contribution in [1.82, 2.24) is 5.32 Å². The molecule has 0 heterocycles. The van der Waals surface area contributed by atoms with Gasteiger partial charge in [-0.05, 0) is 42.7 Å². The Morgan fingerprint density at radius 2 is 1.79 bits per heavy atom. The van der Waals surface area contributed by atoms with Crippen molar-refractivity contribution in [2.24, 2.45) is 0 Å². The monoisotopic (exact) mass is 345 g/mol. The number of ketones is 1. The van der Waals surface area contributed by atoms with E-state index in [4.69, 9.17) is 11.6 Å². The predicted molar refractivity (Wildman–Crippen MR) is 94.5 cm³/mol. The highest BCUT2D eigenvalue weighted by molar-refractivity contribution is 6.31. The highest BCUT2D eigenvalue weighted by Crippen LogP contribution is 2.13. The fourth-order valence-corrected chi connectivity index (χ4v) is 2.49. The number of aryl methyl sites for hydroxylation is 1. The van der Waals surface area contributed by atoms with E-state index in [0.29, 0.717) is 17.1 Å². The molecule has 0 radical (unpaired) electrons. The third kappa shape index (κ3) is 6.05. The lowest BCUT2D eigenvalue weighted by molar-refractivity contribution is -0.121. The molecule has 2 N–H and O–H groups in total. The molecule has 0 aliphatic heterocycles. The molecule has 0 aliphatic rings. The second-order valence-corrected chi connectivity index (χ2v) is 5.99. The standard InChI is InChI=1S/C19H20ClNO3/c20-16-5-1-4-15(13-16)18(23)10-11-19(24)21-12-2-3-14-6-8-17(22)9-7-14/h1,4-9,13,22H,2-3,10-12H2,(H,21,24). The van der Waals surface area contributed by atoms with Crippen LogP contribution in [0.2, 0.25) is 5.02 Å². The molecule has 24 heavy (non-hydrogen) atoms. The number of carbonyl (C=O) groups excluding carboxylic acids is 2. The van der Waals surface area contributed by atoms with Crippen LogP contribution in [0.15, 0.2) is 48.5 Å². The third-order valence-corrected chi connectivity index (χ3v) is 3.86. The van der Waals surface area contributed by atoms with Gasteiger partial charge in [0.1, 0.15) is 5.75 Å². The first kappa shape index (κ1) is 18.0. The Labute approximate surface area is 146 Å². The van der Waals surface area contributed by atoms with E-state index in [2.05, 4.69) is 5.32 Å². The molecule has 2 aromatic carbocycles. The smallest absolute Gasteiger partial charge is 0.220 e. The van der Waals surface area contributed by atoms with E-state index in [9.17, 15) is 14.7 Å². The van der Waals surface area contributed by atoms with Crippen molar-refractivity contribution in [3.63, 3.8) is 0 Å². The number of hydrogen-bond donors (Lipinski definition) is 2. The van der Waals surface area contributed by atoms with Gasteiger partial charge in [0, 0.05) is 30.0 Å². The van der Waals surface area contributed by atoms with E-state index in [0.717, 1.165) is 18.4 Å². The van der Waals surface area contributed by atoms with Gasteiger partial charge in [-0.15, -0.1) is 0 Å². The molecule has 0 unspecified atom stereocenters. The zero-order valence-corrected chi connectivity index (χ0v) is 14.1. The zero-order chi connectivity index (χ0) is 17.4. The number of phenolic OH excluding ortho intramolecular Hbond substituents is 1. The summed E-state index contributed by atoms with van der Waals surface area (Å²) >= 11 is 5.85. The lowest BCUT2D eigenvalue weighted by atomic mass is 10.1. The summed E-state index contributed by atoms with van der Waals surface area (Å²) in [6.45, 7) is 0.561. The van der Waals surface area contributed by atoms with E-state index in [-0.39, 0.29) is 30.3 Å². The molecule has 1 amide bonds. The number of aromatic hydroxyl groups is 1. The molecule has 5 heteroatoms. The van der Waals surface area contributed by atoms with E-state index in [1.54, 1.807) is 36.4 Å². The molecule has 4 nitrogen and oxygen atoms in total. The van der Waals surface area contributed by atoms with Crippen LogP contribution in [0.3, 0.4) is 0 Å². The second kappa shape index (κ2) is 9.08. The number of rotatable bonds is 8. The van der Waals surface area contributed by atoms with Gasteiger partial charge in [0.2, 0.25) is 5.91 Å². The van der Waals surface area contributed by atoms with Crippen LogP contribution >= 0.6 is 11.6 Å². The minimum absolute atomic E-state index is 0.0863. The van der Waals surface area contributed by atoms with Gasteiger partial charge in [0.15, 0.2) is 5.78 Å².